The van der Waals surface area contributed by atoms with Gasteiger partial charge in [0.2, 0.25) is 0 Å². The van der Waals surface area contributed by atoms with Gasteiger partial charge in [0, 0.05) is 5.02 Å². The molecule has 1 atom stereocenters. The van der Waals surface area contributed by atoms with Crippen LogP contribution in [0.4, 0.5) is 4.39 Å². The number of ether oxygens (including phenoxy) is 1. The zero-order valence-corrected chi connectivity index (χ0v) is 11.2. The summed E-state index contributed by atoms with van der Waals surface area (Å²) in [5, 5.41) is 9.13. The molecule has 1 saturated carbocycles. The molecule has 3 nitrogen and oxygen atoms in total. The first-order valence-corrected chi connectivity index (χ1v) is 6.78. The molecule has 1 aromatic carbocycles. The van der Waals surface area contributed by atoms with Crippen LogP contribution in [0.15, 0.2) is 18.2 Å². The molecule has 1 fully saturated rings. The molecule has 104 valence electrons. The van der Waals surface area contributed by atoms with E-state index < -0.39 is 12.3 Å². The third-order valence-corrected chi connectivity index (χ3v) is 3.68. The van der Waals surface area contributed by atoms with E-state index in [-0.39, 0.29) is 11.7 Å². The number of hydrogen-bond donors (Lipinski definition) is 1. The van der Waals surface area contributed by atoms with Crippen LogP contribution in [0.5, 0.6) is 5.75 Å². The fourth-order valence-corrected chi connectivity index (χ4v) is 2.70. The van der Waals surface area contributed by atoms with Gasteiger partial charge in [-0.15, -0.1) is 0 Å². The normalized spacial score (nSPS) is 18.0. The summed E-state index contributed by atoms with van der Waals surface area (Å²) in [6.07, 6.45) is 3.10. The molecule has 0 saturated heterocycles. The SMILES string of the molecule is O=C(O)C(F)Oc1ccc(Cl)cc1C1CCCCC1. The van der Waals surface area contributed by atoms with Crippen molar-refractivity contribution in [3.05, 3.63) is 28.8 Å². The molecule has 0 spiro atoms. The number of carbonyl (C=O) groups is 1. The third kappa shape index (κ3) is 3.60. The van der Waals surface area contributed by atoms with Crippen molar-refractivity contribution >= 4 is 17.6 Å². The van der Waals surface area contributed by atoms with E-state index in [2.05, 4.69) is 0 Å². The summed E-state index contributed by atoms with van der Waals surface area (Å²) >= 11 is 5.97. The Morgan fingerprint density at radius 3 is 2.68 bits per heavy atom. The molecule has 1 aromatic rings. The van der Waals surface area contributed by atoms with Crippen molar-refractivity contribution in [2.45, 2.75) is 44.4 Å². The minimum atomic E-state index is -2.34. The Morgan fingerprint density at radius 2 is 2.05 bits per heavy atom. The van der Waals surface area contributed by atoms with Gasteiger partial charge >= 0.3 is 12.3 Å². The number of benzene rings is 1. The highest BCUT2D eigenvalue weighted by Crippen LogP contribution is 2.39. The molecule has 1 aliphatic carbocycles. The van der Waals surface area contributed by atoms with Gasteiger partial charge in [-0.25, -0.2) is 4.79 Å². The summed E-state index contributed by atoms with van der Waals surface area (Å²) in [4.78, 5) is 10.5. The predicted molar refractivity (Wildman–Crippen MR) is 70.4 cm³/mol. The Kier molecular flexibility index (Phi) is 4.64. The van der Waals surface area contributed by atoms with Crippen LogP contribution in [0.1, 0.15) is 43.6 Å². The molecule has 2 rings (SSSR count). The summed E-state index contributed by atoms with van der Waals surface area (Å²) in [5.74, 6) is -1.07. The molecule has 0 aliphatic heterocycles. The fourth-order valence-electron chi connectivity index (χ4n) is 2.52. The van der Waals surface area contributed by atoms with Gasteiger partial charge in [-0.05, 0) is 42.5 Å². The number of hydrogen-bond acceptors (Lipinski definition) is 2. The van der Waals surface area contributed by atoms with E-state index in [1.807, 2.05) is 0 Å². The Morgan fingerprint density at radius 1 is 1.37 bits per heavy atom. The van der Waals surface area contributed by atoms with Crippen molar-refractivity contribution in [3.8, 4) is 5.75 Å². The van der Waals surface area contributed by atoms with E-state index in [1.165, 1.54) is 6.42 Å². The Balaban J connectivity index is 2.24. The second-order valence-electron chi connectivity index (χ2n) is 4.79. The lowest BCUT2D eigenvalue weighted by molar-refractivity contribution is -0.153. The highest BCUT2D eigenvalue weighted by molar-refractivity contribution is 6.30. The van der Waals surface area contributed by atoms with Gasteiger partial charge < -0.3 is 9.84 Å². The summed E-state index contributed by atoms with van der Waals surface area (Å²) < 4.78 is 18.1. The van der Waals surface area contributed by atoms with Crippen molar-refractivity contribution in [2.75, 3.05) is 0 Å². The molecule has 0 bridgehead atoms. The van der Waals surface area contributed by atoms with E-state index in [1.54, 1.807) is 18.2 Å². The molecule has 0 aromatic heterocycles. The van der Waals surface area contributed by atoms with Gasteiger partial charge in [0.1, 0.15) is 5.75 Å². The van der Waals surface area contributed by atoms with Crippen LogP contribution in [0.3, 0.4) is 0 Å². The Hall–Kier alpha value is -1.29. The van der Waals surface area contributed by atoms with E-state index in [0.29, 0.717) is 5.02 Å². The Bertz CT molecular complexity index is 458. The van der Waals surface area contributed by atoms with E-state index in [4.69, 9.17) is 21.4 Å². The van der Waals surface area contributed by atoms with Gasteiger partial charge in [0.15, 0.2) is 0 Å². The van der Waals surface area contributed by atoms with Crippen LogP contribution < -0.4 is 4.74 Å². The average Bonchev–Trinajstić information content (AvgIpc) is 2.41. The van der Waals surface area contributed by atoms with Crippen molar-refractivity contribution in [3.63, 3.8) is 0 Å². The van der Waals surface area contributed by atoms with Gasteiger partial charge in [-0.3, -0.25) is 0 Å². The molecular weight excluding hydrogens is 271 g/mol. The topological polar surface area (TPSA) is 46.5 Å². The van der Waals surface area contributed by atoms with Crippen LogP contribution >= 0.6 is 11.6 Å². The molecule has 0 amide bonds. The molecule has 1 aliphatic rings. The van der Waals surface area contributed by atoms with Crippen LogP contribution in [0, 0.1) is 0 Å². The number of carboxylic acids is 1. The molecule has 1 unspecified atom stereocenters. The van der Waals surface area contributed by atoms with Crippen molar-refractivity contribution in [1.82, 2.24) is 0 Å². The largest absolute Gasteiger partial charge is 0.476 e. The first-order chi connectivity index (χ1) is 9.08. The zero-order chi connectivity index (χ0) is 13.8. The minimum absolute atomic E-state index is 0.267. The number of aliphatic carboxylic acids is 1. The lowest BCUT2D eigenvalue weighted by Crippen LogP contribution is -2.22. The first kappa shape index (κ1) is 14.1. The average molecular weight is 287 g/mol. The van der Waals surface area contributed by atoms with E-state index in [0.717, 1.165) is 31.2 Å². The first-order valence-electron chi connectivity index (χ1n) is 6.41. The Labute approximate surface area is 116 Å². The van der Waals surface area contributed by atoms with Crippen LogP contribution in [0.2, 0.25) is 5.02 Å². The number of carboxylic acid groups (broad SMARTS) is 1. The van der Waals surface area contributed by atoms with E-state index in [9.17, 15) is 9.18 Å². The van der Waals surface area contributed by atoms with Gasteiger partial charge in [-0.1, -0.05) is 30.9 Å². The second-order valence-corrected chi connectivity index (χ2v) is 5.23. The van der Waals surface area contributed by atoms with Crippen LogP contribution in [-0.4, -0.2) is 17.4 Å². The van der Waals surface area contributed by atoms with Crippen LogP contribution in [0.25, 0.3) is 0 Å². The standard InChI is InChI=1S/C14H16ClFO3/c15-10-6-7-12(19-13(16)14(17)18)11(8-10)9-4-2-1-3-5-9/h6-9,13H,1-5H2,(H,17,18). The summed E-state index contributed by atoms with van der Waals surface area (Å²) in [7, 11) is 0. The summed E-state index contributed by atoms with van der Waals surface area (Å²) in [5.41, 5.74) is 0.816. The lowest BCUT2D eigenvalue weighted by Gasteiger charge is -2.24. The maximum atomic E-state index is 13.2. The molecule has 19 heavy (non-hydrogen) atoms. The zero-order valence-electron chi connectivity index (χ0n) is 10.4. The monoisotopic (exact) mass is 286 g/mol. The second kappa shape index (κ2) is 6.24. The quantitative estimate of drug-likeness (QED) is 0.904. The van der Waals surface area contributed by atoms with Gasteiger partial charge in [0.05, 0.1) is 0 Å². The summed E-state index contributed by atoms with van der Waals surface area (Å²) in [6.45, 7) is 0. The predicted octanol–water partition coefficient (Wildman–Crippen LogP) is 4.15. The molecule has 1 N–H and O–H groups in total. The molecule has 0 radical (unpaired) electrons. The fraction of sp³-hybridized carbons (Fsp3) is 0.500. The third-order valence-electron chi connectivity index (χ3n) is 3.44. The number of rotatable bonds is 4. The highest BCUT2D eigenvalue weighted by atomic mass is 35.5. The van der Waals surface area contributed by atoms with Gasteiger partial charge in [0.25, 0.3) is 0 Å². The number of halogens is 2. The maximum absolute atomic E-state index is 13.2. The lowest BCUT2D eigenvalue weighted by atomic mass is 9.84. The van der Waals surface area contributed by atoms with Crippen molar-refractivity contribution < 1.29 is 19.0 Å². The van der Waals surface area contributed by atoms with Crippen molar-refractivity contribution in [2.24, 2.45) is 0 Å². The van der Waals surface area contributed by atoms with E-state index >= 15 is 0 Å². The van der Waals surface area contributed by atoms with Crippen molar-refractivity contribution in [1.29, 1.82) is 0 Å². The minimum Gasteiger partial charge on any atom is -0.476 e. The molecule has 5 heteroatoms. The van der Waals surface area contributed by atoms with Crippen LogP contribution in [-0.2, 0) is 4.79 Å². The smallest absolute Gasteiger partial charge is 0.378 e. The number of alkyl halides is 1. The molecule has 0 heterocycles. The maximum Gasteiger partial charge on any atom is 0.378 e. The summed E-state index contributed by atoms with van der Waals surface area (Å²) in [6, 6.07) is 4.88. The molecular formula is C14H16ClFO3. The van der Waals surface area contributed by atoms with Gasteiger partial charge in [-0.2, -0.15) is 4.39 Å². The highest BCUT2D eigenvalue weighted by Gasteiger charge is 2.23.